The van der Waals surface area contributed by atoms with E-state index in [0.29, 0.717) is 11.3 Å². The second kappa shape index (κ2) is 9.73. The van der Waals surface area contributed by atoms with E-state index in [1.807, 2.05) is 13.8 Å². The maximum atomic E-state index is 12.7. The number of carbonyl (C=O) groups excluding carboxylic acids is 2. The Labute approximate surface area is 177 Å². The molecule has 2 amide bonds. The van der Waals surface area contributed by atoms with E-state index >= 15 is 0 Å². The fraction of sp³-hybridized carbons (Fsp3) is 0.333. The Morgan fingerprint density at radius 1 is 0.933 bits per heavy atom. The summed E-state index contributed by atoms with van der Waals surface area (Å²) in [6.07, 6.45) is 0. The maximum absolute atomic E-state index is 12.7. The molecule has 0 bridgehead atoms. The van der Waals surface area contributed by atoms with Crippen molar-refractivity contribution in [2.75, 3.05) is 7.11 Å². The number of rotatable bonds is 7. The second-order valence-corrected chi connectivity index (χ2v) is 8.97. The van der Waals surface area contributed by atoms with Crippen LogP contribution in [0.4, 0.5) is 0 Å². The lowest BCUT2D eigenvalue weighted by Gasteiger charge is -2.22. The molecule has 0 aromatic heterocycles. The molecule has 0 aliphatic heterocycles. The number of hydrazine groups is 1. The van der Waals surface area contributed by atoms with Gasteiger partial charge in [0.2, 0.25) is 10.0 Å². The molecule has 2 aromatic carbocycles. The average Bonchev–Trinajstić information content (AvgIpc) is 2.71. The maximum Gasteiger partial charge on any atom is 0.269 e. The van der Waals surface area contributed by atoms with Gasteiger partial charge in [0.25, 0.3) is 11.8 Å². The van der Waals surface area contributed by atoms with Crippen LogP contribution >= 0.6 is 0 Å². The van der Waals surface area contributed by atoms with Crippen LogP contribution < -0.4 is 20.3 Å². The first-order chi connectivity index (χ1) is 14.0. The monoisotopic (exact) mass is 433 g/mol. The number of carbonyl (C=O) groups is 2. The Morgan fingerprint density at radius 3 is 2.10 bits per heavy atom. The first kappa shape index (κ1) is 23.4. The van der Waals surface area contributed by atoms with Crippen molar-refractivity contribution in [3.05, 3.63) is 59.2 Å². The van der Waals surface area contributed by atoms with Gasteiger partial charge in [-0.1, -0.05) is 19.9 Å². The van der Waals surface area contributed by atoms with Crippen LogP contribution in [0.1, 0.15) is 35.3 Å². The SMILES string of the molecule is COc1ccc(C(=O)NNC(=O)[C@H](NS(=O)(=O)c2ccc(C)c(C)c2)C(C)C)cc1. The number of benzene rings is 2. The minimum Gasteiger partial charge on any atom is -0.497 e. The molecule has 0 spiro atoms. The summed E-state index contributed by atoms with van der Waals surface area (Å²) in [4.78, 5) is 24.9. The summed E-state index contributed by atoms with van der Waals surface area (Å²) >= 11 is 0. The van der Waals surface area contributed by atoms with Gasteiger partial charge in [0.1, 0.15) is 11.8 Å². The first-order valence-electron chi connectivity index (χ1n) is 9.39. The highest BCUT2D eigenvalue weighted by Crippen LogP contribution is 2.16. The summed E-state index contributed by atoms with van der Waals surface area (Å²) in [6, 6.07) is 10.0. The predicted octanol–water partition coefficient (Wildman–Crippen LogP) is 2.08. The van der Waals surface area contributed by atoms with Crippen molar-refractivity contribution in [2.24, 2.45) is 5.92 Å². The molecule has 2 aromatic rings. The fourth-order valence-electron chi connectivity index (χ4n) is 2.62. The second-order valence-electron chi connectivity index (χ2n) is 7.26. The minimum absolute atomic E-state index is 0.0753. The fourth-order valence-corrected chi connectivity index (χ4v) is 4.05. The molecule has 8 nitrogen and oxygen atoms in total. The molecule has 0 aliphatic carbocycles. The molecule has 1 atom stereocenters. The van der Waals surface area contributed by atoms with E-state index in [9.17, 15) is 18.0 Å². The third-order valence-corrected chi connectivity index (χ3v) is 6.11. The van der Waals surface area contributed by atoms with Gasteiger partial charge in [0, 0.05) is 5.56 Å². The van der Waals surface area contributed by atoms with Gasteiger partial charge in [0.05, 0.1) is 12.0 Å². The lowest BCUT2D eigenvalue weighted by atomic mass is 10.1. The smallest absolute Gasteiger partial charge is 0.269 e. The Bertz CT molecular complexity index is 1020. The van der Waals surface area contributed by atoms with Crippen molar-refractivity contribution in [3.8, 4) is 5.75 Å². The third kappa shape index (κ3) is 5.80. The number of nitrogens with one attached hydrogen (secondary N) is 3. The molecule has 0 radical (unpaired) electrons. The number of methoxy groups -OCH3 is 1. The molecule has 0 aliphatic rings. The highest BCUT2D eigenvalue weighted by atomic mass is 32.2. The zero-order valence-corrected chi connectivity index (χ0v) is 18.5. The largest absolute Gasteiger partial charge is 0.497 e. The summed E-state index contributed by atoms with van der Waals surface area (Å²) in [5.41, 5.74) is 6.70. The molecule has 0 unspecified atom stereocenters. The van der Waals surface area contributed by atoms with Crippen molar-refractivity contribution < 1.29 is 22.7 Å². The summed E-state index contributed by atoms with van der Waals surface area (Å²) in [5.74, 6) is -0.967. The molecule has 30 heavy (non-hydrogen) atoms. The lowest BCUT2D eigenvalue weighted by Crippen LogP contribution is -2.54. The van der Waals surface area contributed by atoms with Crippen molar-refractivity contribution in [2.45, 2.75) is 38.6 Å². The van der Waals surface area contributed by atoms with Gasteiger partial charge in [-0.15, -0.1) is 0 Å². The average molecular weight is 434 g/mol. The standard InChI is InChI=1S/C21H27N3O5S/c1-13(2)19(24-30(27,28)18-11-6-14(3)15(4)12-18)21(26)23-22-20(25)16-7-9-17(29-5)10-8-16/h6-13,19,24H,1-5H3,(H,22,25)(H,23,26)/t19-/m1/s1. The van der Waals surface area contributed by atoms with Gasteiger partial charge in [-0.3, -0.25) is 20.4 Å². The molecule has 9 heteroatoms. The van der Waals surface area contributed by atoms with Crippen LogP contribution in [0.15, 0.2) is 47.4 Å². The summed E-state index contributed by atoms with van der Waals surface area (Å²) in [6.45, 7) is 7.11. The Morgan fingerprint density at radius 2 is 1.57 bits per heavy atom. The van der Waals surface area contributed by atoms with Crippen molar-refractivity contribution in [1.29, 1.82) is 0 Å². The van der Waals surface area contributed by atoms with E-state index in [1.165, 1.54) is 13.2 Å². The predicted molar refractivity (Wildman–Crippen MR) is 113 cm³/mol. The molecule has 0 fully saturated rings. The van der Waals surface area contributed by atoms with Crippen LogP contribution in [0.2, 0.25) is 0 Å². The number of hydrogen-bond acceptors (Lipinski definition) is 5. The number of ether oxygens (including phenoxy) is 1. The Hall–Kier alpha value is -2.91. The van der Waals surface area contributed by atoms with E-state index in [4.69, 9.17) is 4.74 Å². The van der Waals surface area contributed by atoms with Crippen LogP contribution in [0, 0.1) is 19.8 Å². The number of aryl methyl sites for hydroxylation is 2. The quantitative estimate of drug-likeness (QED) is 0.579. The first-order valence-corrected chi connectivity index (χ1v) is 10.9. The molecule has 0 heterocycles. The molecule has 2 rings (SSSR count). The Kier molecular flexibility index (Phi) is 7.58. The number of hydrogen-bond donors (Lipinski definition) is 3. The normalized spacial score (nSPS) is 12.3. The number of amides is 2. The summed E-state index contributed by atoms with van der Waals surface area (Å²) in [7, 11) is -2.41. The zero-order valence-electron chi connectivity index (χ0n) is 17.6. The van der Waals surface area contributed by atoms with E-state index in [0.717, 1.165) is 11.1 Å². The lowest BCUT2D eigenvalue weighted by molar-refractivity contribution is -0.124. The van der Waals surface area contributed by atoms with E-state index in [1.54, 1.807) is 50.2 Å². The highest BCUT2D eigenvalue weighted by Gasteiger charge is 2.29. The van der Waals surface area contributed by atoms with E-state index < -0.39 is 27.9 Å². The molecule has 3 N–H and O–H groups in total. The van der Waals surface area contributed by atoms with Crippen molar-refractivity contribution >= 4 is 21.8 Å². The van der Waals surface area contributed by atoms with E-state index in [2.05, 4.69) is 15.6 Å². The molecule has 162 valence electrons. The molecule has 0 saturated heterocycles. The van der Waals surface area contributed by atoms with Gasteiger partial charge >= 0.3 is 0 Å². The highest BCUT2D eigenvalue weighted by molar-refractivity contribution is 7.89. The van der Waals surface area contributed by atoms with Gasteiger partial charge in [-0.2, -0.15) is 4.72 Å². The van der Waals surface area contributed by atoms with Crippen LogP contribution in [0.3, 0.4) is 0 Å². The van der Waals surface area contributed by atoms with Gasteiger partial charge in [-0.25, -0.2) is 8.42 Å². The topological polar surface area (TPSA) is 114 Å². The Balaban J connectivity index is 2.08. The van der Waals surface area contributed by atoms with Crippen molar-refractivity contribution in [3.63, 3.8) is 0 Å². The molecular weight excluding hydrogens is 406 g/mol. The van der Waals surface area contributed by atoms with Crippen LogP contribution in [0.5, 0.6) is 5.75 Å². The minimum atomic E-state index is -3.92. The van der Waals surface area contributed by atoms with Gasteiger partial charge in [-0.05, 0) is 67.3 Å². The summed E-state index contributed by atoms with van der Waals surface area (Å²) in [5, 5.41) is 0. The van der Waals surface area contributed by atoms with Gasteiger partial charge < -0.3 is 4.74 Å². The molecule has 0 saturated carbocycles. The summed E-state index contributed by atoms with van der Waals surface area (Å²) < 4.78 is 33.0. The van der Waals surface area contributed by atoms with Crippen LogP contribution in [0.25, 0.3) is 0 Å². The zero-order chi connectivity index (χ0) is 22.5. The van der Waals surface area contributed by atoms with Crippen LogP contribution in [-0.2, 0) is 14.8 Å². The van der Waals surface area contributed by atoms with Crippen LogP contribution in [-0.4, -0.2) is 33.4 Å². The third-order valence-electron chi connectivity index (χ3n) is 4.67. The van der Waals surface area contributed by atoms with Gasteiger partial charge in [0.15, 0.2) is 0 Å². The van der Waals surface area contributed by atoms with Crippen molar-refractivity contribution in [1.82, 2.24) is 15.6 Å². The van der Waals surface area contributed by atoms with E-state index in [-0.39, 0.29) is 10.8 Å². The number of sulfonamides is 1. The molecular formula is C21H27N3O5S.